The van der Waals surface area contributed by atoms with Crippen molar-refractivity contribution >= 4 is 83.5 Å². The highest BCUT2D eigenvalue weighted by Gasteiger charge is 2.20. The first-order valence-corrected chi connectivity index (χ1v) is 12.7. The summed E-state index contributed by atoms with van der Waals surface area (Å²) in [6, 6.07) is 16.3. The van der Waals surface area contributed by atoms with Crippen LogP contribution >= 0.6 is 46.1 Å². The molecule has 32 heavy (non-hydrogen) atoms. The molecule has 4 aromatic rings. The van der Waals surface area contributed by atoms with Gasteiger partial charge in [0.25, 0.3) is 15.9 Å². The third-order valence-electron chi connectivity index (χ3n) is 4.53. The fourth-order valence-electron chi connectivity index (χ4n) is 3.10. The number of para-hydroxylation sites is 1. The van der Waals surface area contributed by atoms with Gasteiger partial charge in [-0.3, -0.25) is 9.52 Å². The lowest BCUT2D eigenvalue weighted by molar-refractivity contribution is 0.103. The fraction of sp³-hybridized carbons (Fsp3) is 0.0455. The highest BCUT2D eigenvalue weighted by atomic mass is 35.5. The number of hydrogen-bond acceptors (Lipinski definition) is 4. The van der Waals surface area contributed by atoms with Gasteiger partial charge in [-0.1, -0.05) is 53.0 Å². The third kappa shape index (κ3) is 4.72. The number of thiophene rings is 1. The Labute approximate surface area is 204 Å². The normalized spacial score (nSPS) is 11.5. The summed E-state index contributed by atoms with van der Waals surface area (Å²) in [5.74, 6) is -0.444. The average molecular weight is 526 g/mol. The van der Waals surface area contributed by atoms with Crippen molar-refractivity contribution < 1.29 is 13.2 Å². The predicted molar refractivity (Wildman–Crippen MR) is 133 cm³/mol. The van der Waals surface area contributed by atoms with Crippen LogP contribution in [-0.2, 0) is 10.0 Å². The maximum Gasteiger partial charge on any atom is 0.267 e. The number of aryl methyl sites for hydroxylation is 1. The van der Waals surface area contributed by atoms with Crippen LogP contribution in [0.25, 0.3) is 10.1 Å². The van der Waals surface area contributed by atoms with Crippen LogP contribution in [0.5, 0.6) is 0 Å². The molecule has 0 aliphatic rings. The van der Waals surface area contributed by atoms with Gasteiger partial charge in [-0.25, -0.2) is 8.42 Å². The number of amides is 1. The van der Waals surface area contributed by atoms with Crippen LogP contribution in [0, 0.1) is 6.92 Å². The predicted octanol–water partition coefficient (Wildman–Crippen LogP) is 7.22. The quantitative estimate of drug-likeness (QED) is 0.289. The minimum Gasteiger partial charge on any atom is -0.321 e. The number of halogens is 3. The number of rotatable bonds is 5. The molecular weight excluding hydrogens is 511 g/mol. The Morgan fingerprint density at radius 1 is 0.969 bits per heavy atom. The molecule has 1 heterocycles. The van der Waals surface area contributed by atoms with E-state index in [1.54, 1.807) is 55.5 Å². The second kappa shape index (κ2) is 8.92. The average Bonchev–Trinajstić information content (AvgIpc) is 3.05. The van der Waals surface area contributed by atoms with Crippen molar-refractivity contribution in [3.63, 3.8) is 0 Å². The van der Waals surface area contributed by atoms with E-state index < -0.39 is 15.9 Å². The molecular formula is C22H15Cl3N2O3S2. The van der Waals surface area contributed by atoms with E-state index >= 15 is 0 Å². The van der Waals surface area contributed by atoms with Crippen molar-refractivity contribution in [2.24, 2.45) is 0 Å². The van der Waals surface area contributed by atoms with E-state index in [9.17, 15) is 13.2 Å². The molecule has 0 atom stereocenters. The van der Waals surface area contributed by atoms with Gasteiger partial charge in [0, 0.05) is 20.8 Å². The summed E-state index contributed by atoms with van der Waals surface area (Å²) in [5.41, 5.74) is 1.23. The Hall–Kier alpha value is -2.29. The fourth-order valence-corrected chi connectivity index (χ4v) is 6.23. The van der Waals surface area contributed by atoms with Crippen LogP contribution < -0.4 is 10.0 Å². The molecule has 164 valence electrons. The van der Waals surface area contributed by atoms with E-state index in [2.05, 4.69) is 10.0 Å². The topological polar surface area (TPSA) is 75.3 Å². The minimum atomic E-state index is -3.94. The van der Waals surface area contributed by atoms with Crippen molar-refractivity contribution in [1.29, 1.82) is 0 Å². The largest absolute Gasteiger partial charge is 0.321 e. The van der Waals surface area contributed by atoms with Gasteiger partial charge in [-0.15, -0.1) is 11.3 Å². The molecule has 0 saturated carbocycles. The first kappa shape index (κ1) is 22.9. The van der Waals surface area contributed by atoms with E-state index in [0.717, 1.165) is 10.1 Å². The molecule has 0 aliphatic heterocycles. The number of fused-ring (bicyclic) bond motifs is 1. The van der Waals surface area contributed by atoms with Crippen LogP contribution in [0.15, 0.2) is 65.6 Å². The molecule has 2 N–H and O–H groups in total. The maximum atomic E-state index is 12.9. The van der Waals surface area contributed by atoms with Crippen molar-refractivity contribution in [2.45, 2.75) is 11.8 Å². The van der Waals surface area contributed by atoms with E-state index in [1.807, 2.05) is 0 Å². The summed E-state index contributed by atoms with van der Waals surface area (Å²) in [6.07, 6.45) is 0. The summed E-state index contributed by atoms with van der Waals surface area (Å²) in [4.78, 5) is 13.2. The molecule has 4 rings (SSSR count). The standard InChI is InChI=1S/C22H15Cl3N2O3S2/c1-12-8-14(11-15(9-12)32(29,30)27-18-5-3-2-4-17(18)24)26-22(28)21-20(25)16-7-6-13(23)10-19(16)31-21/h2-11,27H,1H3,(H,26,28). The number of hydrogen-bond donors (Lipinski definition) is 2. The van der Waals surface area contributed by atoms with E-state index in [0.29, 0.717) is 26.2 Å². The Balaban J connectivity index is 1.64. The lowest BCUT2D eigenvalue weighted by Crippen LogP contribution is -2.15. The third-order valence-corrected chi connectivity index (χ3v) is 8.10. The molecule has 0 fully saturated rings. The van der Waals surface area contributed by atoms with Crippen LogP contribution in [0.4, 0.5) is 11.4 Å². The molecule has 10 heteroatoms. The zero-order valence-corrected chi connectivity index (χ0v) is 20.3. The Kier molecular flexibility index (Phi) is 6.38. The van der Waals surface area contributed by atoms with Crippen molar-refractivity contribution in [1.82, 2.24) is 0 Å². The Bertz CT molecular complexity index is 1470. The van der Waals surface area contributed by atoms with Crippen LogP contribution in [0.1, 0.15) is 15.2 Å². The molecule has 0 bridgehead atoms. The first-order valence-electron chi connectivity index (χ1n) is 9.22. The monoisotopic (exact) mass is 524 g/mol. The van der Waals surface area contributed by atoms with E-state index in [-0.39, 0.29) is 15.6 Å². The van der Waals surface area contributed by atoms with Crippen LogP contribution in [0.3, 0.4) is 0 Å². The van der Waals surface area contributed by atoms with Gasteiger partial charge in [0.1, 0.15) is 4.88 Å². The molecule has 0 aliphatic carbocycles. The molecule has 0 unspecified atom stereocenters. The summed E-state index contributed by atoms with van der Waals surface area (Å²) in [5, 5.41) is 4.60. The number of carbonyl (C=O) groups is 1. The van der Waals surface area contributed by atoms with Gasteiger partial charge in [-0.05, 0) is 55.0 Å². The number of anilines is 2. The Morgan fingerprint density at radius 3 is 2.47 bits per heavy atom. The molecule has 3 aromatic carbocycles. The van der Waals surface area contributed by atoms with Gasteiger partial charge >= 0.3 is 0 Å². The van der Waals surface area contributed by atoms with Crippen molar-refractivity contribution in [3.05, 3.63) is 86.2 Å². The SMILES string of the molecule is Cc1cc(NC(=O)c2sc3cc(Cl)ccc3c2Cl)cc(S(=O)(=O)Nc2ccccc2Cl)c1. The number of sulfonamides is 1. The molecule has 1 aromatic heterocycles. The van der Waals surface area contributed by atoms with Gasteiger partial charge < -0.3 is 5.32 Å². The molecule has 1 amide bonds. The van der Waals surface area contributed by atoms with Gasteiger partial charge in [0.05, 0.1) is 20.6 Å². The number of benzene rings is 3. The summed E-state index contributed by atoms with van der Waals surface area (Å²) < 4.78 is 29.1. The maximum absolute atomic E-state index is 12.9. The second-order valence-electron chi connectivity index (χ2n) is 6.96. The second-order valence-corrected chi connectivity index (χ2v) is 10.9. The molecule has 0 spiro atoms. The molecule has 0 saturated heterocycles. The number of nitrogens with one attached hydrogen (secondary N) is 2. The smallest absolute Gasteiger partial charge is 0.267 e. The lowest BCUT2D eigenvalue weighted by atomic mass is 10.2. The zero-order chi connectivity index (χ0) is 23.0. The number of carbonyl (C=O) groups excluding carboxylic acids is 1. The van der Waals surface area contributed by atoms with E-state index in [4.69, 9.17) is 34.8 Å². The summed E-state index contributed by atoms with van der Waals surface area (Å²) in [6.45, 7) is 1.73. The van der Waals surface area contributed by atoms with Crippen LogP contribution in [-0.4, -0.2) is 14.3 Å². The summed E-state index contributed by atoms with van der Waals surface area (Å²) in [7, 11) is -3.94. The van der Waals surface area contributed by atoms with Crippen molar-refractivity contribution in [3.8, 4) is 0 Å². The minimum absolute atomic E-state index is 0.0121. The van der Waals surface area contributed by atoms with Gasteiger partial charge in [0.15, 0.2) is 0 Å². The molecule has 5 nitrogen and oxygen atoms in total. The first-order chi connectivity index (χ1) is 15.1. The highest BCUT2D eigenvalue weighted by Crippen LogP contribution is 2.37. The Morgan fingerprint density at radius 2 is 1.72 bits per heavy atom. The van der Waals surface area contributed by atoms with Gasteiger partial charge in [-0.2, -0.15) is 0 Å². The van der Waals surface area contributed by atoms with Gasteiger partial charge in [0.2, 0.25) is 0 Å². The lowest BCUT2D eigenvalue weighted by Gasteiger charge is -2.12. The van der Waals surface area contributed by atoms with Crippen LogP contribution in [0.2, 0.25) is 15.1 Å². The van der Waals surface area contributed by atoms with E-state index in [1.165, 1.54) is 23.5 Å². The summed E-state index contributed by atoms with van der Waals surface area (Å²) >= 11 is 19.7. The zero-order valence-electron chi connectivity index (χ0n) is 16.4. The highest BCUT2D eigenvalue weighted by molar-refractivity contribution is 7.92. The van der Waals surface area contributed by atoms with Crippen molar-refractivity contribution in [2.75, 3.05) is 10.0 Å². The molecule has 0 radical (unpaired) electrons.